The molecule has 220 valence electrons. The Balaban J connectivity index is 1.50. The van der Waals surface area contributed by atoms with Gasteiger partial charge in [0.15, 0.2) is 0 Å². The number of carbonyl (C=O) groups is 1. The van der Waals surface area contributed by atoms with Gasteiger partial charge >= 0.3 is 6.18 Å². The first-order chi connectivity index (χ1) is 19.2. The smallest absolute Gasteiger partial charge is 0.322 e. The molecule has 1 amide bonds. The monoisotopic (exact) mass is 649 g/mol. The molecule has 0 atom stereocenters. The van der Waals surface area contributed by atoms with Crippen molar-refractivity contribution >= 4 is 60.5 Å². The fourth-order valence-electron chi connectivity index (χ4n) is 4.21. The Morgan fingerprint density at radius 2 is 1.32 bits per heavy atom. The third kappa shape index (κ3) is 7.33. The molecule has 0 unspecified atom stereocenters. The van der Waals surface area contributed by atoms with Gasteiger partial charge in [-0.25, -0.2) is 16.8 Å². The van der Waals surface area contributed by atoms with Gasteiger partial charge in [0.2, 0.25) is 10.0 Å². The molecular weight excluding hydrogens is 626 g/mol. The molecule has 2 N–H and O–H groups in total. The van der Waals surface area contributed by atoms with Crippen molar-refractivity contribution in [3.63, 3.8) is 0 Å². The highest BCUT2D eigenvalue weighted by molar-refractivity contribution is 7.92. The van der Waals surface area contributed by atoms with E-state index >= 15 is 0 Å². The Morgan fingerprint density at radius 3 is 1.93 bits per heavy atom. The normalized spacial score (nSPS) is 15.2. The number of nitrogens with zero attached hydrogens (tertiary/aromatic N) is 1. The van der Waals surface area contributed by atoms with Crippen LogP contribution in [0.4, 0.5) is 24.5 Å². The third-order valence-corrected chi connectivity index (χ3v) is 10.3. The van der Waals surface area contributed by atoms with E-state index in [1.807, 2.05) is 0 Å². The molecule has 4 rings (SSSR count). The molecule has 1 fully saturated rings. The van der Waals surface area contributed by atoms with Crippen molar-refractivity contribution in [3.05, 3.63) is 81.8 Å². The predicted molar refractivity (Wildman–Crippen MR) is 150 cm³/mol. The molecule has 0 spiro atoms. The molecule has 1 heterocycles. The van der Waals surface area contributed by atoms with Gasteiger partial charge in [-0.2, -0.15) is 17.5 Å². The van der Waals surface area contributed by atoms with E-state index in [9.17, 15) is 34.8 Å². The molecule has 15 heteroatoms. The topological polar surface area (TPSA) is 113 Å². The highest BCUT2D eigenvalue weighted by Crippen LogP contribution is 2.36. The lowest BCUT2D eigenvalue weighted by Gasteiger charge is -2.20. The lowest BCUT2D eigenvalue weighted by molar-refractivity contribution is -0.137. The van der Waals surface area contributed by atoms with E-state index in [-0.39, 0.29) is 31.8 Å². The van der Waals surface area contributed by atoms with Crippen molar-refractivity contribution in [1.82, 2.24) is 4.31 Å². The number of sulfonamides is 2. The highest BCUT2D eigenvalue weighted by atomic mass is 35.5. The molecule has 0 bridgehead atoms. The molecule has 0 aliphatic carbocycles. The fourth-order valence-corrected chi connectivity index (χ4v) is 7.23. The Hall–Kier alpha value is -2.84. The van der Waals surface area contributed by atoms with Crippen molar-refractivity contribution in [2.75, 3.05) is 23.1 Å². The van der Waals surface area contributed by atoms with E-state index in [0.717, 1.165) is 49.9 Å². The zero-order valence-electron chi connectivity index (χ0n) is 21.2. The third-order valence-electron chi connectivity index (χ3n) is 6.33. The van der Waals surface area contributed by atoms with E-state index < -0.39 is 42.7 Å². The van der Waals surface area contributed by atoms with Gasteiger partial charge in [-0.3, -0.25) is 9.52 Å². The number of benzene rings is 3. The van der Waals surface area contributed by atoms with Gasteiger partial charge in [0.25, 0.3) is 15.9 Å². The summed E-state index contributed by atoms with van der Waals surface area (Å²) in [5.41, 5.74) is -1.47. The second-order valence-electron chi connectivity index (χ2n) is 9.24. The molecule has 3 aromatic rings. The number of halogens is 5. The summed E-state index contributed by atoms with van der Waals surface area (Å²) in [4.78, 5) is 12.6. The summed E-state index contributed by atoms with van der Waals surface area (Å²) in [6.45, 7) is 0.774. The number of hydrogen-bond donors (Lipinski definition) is 2. The largest absolute Gasteiger partial charge is 0.417 e. The second kappa shape index (κ2) is 12.2. The molecule has 0 aromatic heterocycles. The standard InChI is InChI=1S/C26H24Cl2F3N3O5S2/c27-23-12-10-20(41(38,39)34-13-3-1-2-4-14-34)16-21(23)25(35)32-17-5-8-19(9-6-17)40(36,37)33-18-7-11-24(28)22(15-18)26(29,30)31/h5-12,15-16,33H,1-4,13-14H2,(H,32,35). The number of amides is 1. The Labute approximate surface area is 245 Å². The molecule has 1 aliphatic rings. The van der Waals surface area contributed by atoms with Gasteiger partial charge in [0, 0.05) is 24.5 Å². The minimum Gasteiger partial charge on any atom is -0.322 e. The number of alkyl halides is 3. The highest BCUT2D eigenvalue weighted by Gasteiger charge is 2.34. The van der Waals surface area contributed by atoms with Gasteiger partial charge in [0.1, 0.15) is 0 Å². The van der Waals surface area contributed by atoms with Gasteiger partial charge in [-0.05, 0) is 73.5 Å². The first-order valence-electron chi connectivity index (χ1n) is 12.3. The number of carbonyl (C=O) groups excluding carboxylic acids is 1. The van der Waals surface area contributed by atoms with Crippen LogP contribution in [0.15, 0.2) is 70.5 Å². The number of hydrogen-bond acceptors (Lipinski definition) is 5. The van der Waals surface area contributed by atoms with Crippen LogP contribution in [-0.4, -0.2) is 40.1 Å². The minimum absolute atomic E-state index is 0.0157. The zero-order valence-corrected chi connectivity index (χ0v) is 24.4. The van der Waals surface area contributed by atoms with Crippen LogP contribution in [0.2, 0.25) is 10.0 Å². The maximum absolute atomic E-state index is 13.2. The first kappa shape index (κ1) is 31.1. The molecule has 1 saturated heterocycles. The van der Waals surface area contributed by atoms with Crippen LogP contribution in [-0.2, 0) is 26.2 Å². The van der Waals surface area contributed by atoms with Gasteiger partial charge in [-0.15, -0.1) is 0 Å². The van der Waals surface area contributed by atoms with Crippen molar-refractivity contribution in [2.24, 2.45) is 0 Å². The summed E-state index contributed by atoms with van der Waals surface area (Å²) >= 11 is 11.8. The predicted octanol–water partition coefficient (Wildman–Crippen LogP) is 6.63. The van der Waals surface area contributed by atoms with Gasteiger partial charge in [0.05, 0.1) is 31.0 Å². The summed E-state index contributed by atoms with van der Waals surface area (Å²) < 4.78 is 94.6. The molecule has 1 aliphatic heterocycles. The van der Waals surface area contributed by atoms with Gasteiger partial charge in [-0.1, -0.05) is 36.0 Å². The van der Waals surface area contributed by atoms with E-state index in [2.05, 4.69) is 10.0 Å². The van der Waals surface area contributed by atoms with Crippen LogP contribution < -0.4 is 10.0 Å². The van der Waals surface area contributed by atoms with Gasteiger partial charge < -0.3 is 5.32 Å². The van der Waals surface area contributed by atoms with Crippen LogP contribution in [0.1, 0.15) is 41.6 Å². The fraction of sp³-hybridized carbons (Fsp3) is 0.269. The molecule has 0 saturated carbocycles. The van der Waals surface area contributed by atoms with Crippen molar-refractivity contribution in [3.8, 4) is 0 Å². The van der Waals surface area contributed by atoms with E-state index in [1.165, 1.54) is 34.6 Å². The summed E-state index contributed by atoms with van der Waals surface area (Å²) in [7, 11) is -8.13. The first-order valence-corrected chi connectivity index (χ1v) is 16.0. The molecule has 3 aromatic carbocycles. The molecule has 0 radical (unpaired) electrons. The quantitative estimate of drug-likeness (QED) is 0.298. The molecular formula is C26H24Cl2F3N3O5S2. The number of anilines is 2. The van der Waals surface area contributed by atoms with E-state index in [4.69, 9.17) is 23.2 Å². The number of rotatable bonds is 7. The van der Waals surface area contributed by atoms with E-state index in [0.29, 0.717) is 19.2 Å². The van der Waals surface area contributed by atoms with Crippen molar-refractivity contribution in [1.29, 1.82) is 0 Å². The minimum atomic E-state index is -4.78. The average Bonchev–Trinajstić information content (AvgIpc) is 3.20. The number of nitrogens with one attached hydrogen (secondary N) is 2. The Kier molecular flexibility index (Phi) is 9.24. The summed E-state index contributed by atoms with van der Waals surface area (Å²) in [6.07, 6.45) is -1.41. The Bertz CT molecular complexity index is 1660. The molecule has 41 heavy (non-hydrogen) atoms. The van der Waals surface area contributed by atoms with Crippen LogP contribution in [0.5, 0.6) is 0 Å². The van der Waals surface area contributed by atoms with Crippen LogP contribution in [0, 0.1) is 0 Å². The lowest BCUT2D eigenvalue weighted by Crippen LogP contribution is -2.32. The zero-order chi connectivity index (χ0) is 30.0. The second-order valence-corrected chi connectivity index (χ2v) is 13.7. The maximum atomic E-state index is 13.2. The van der Waals surface area contributed by atoms with Crippen molar-refractivity contribution in [2.45, 2.75) is 41.7 Å². The SMILES string of the molecule is O=C(Nc1ccc(S(=O)(=O)Nc2ccc(Cl)c(C(F)(F)F)c2)cc1)c1cc(S(=O)(=O)N2CCCCCC2)ccc1Cl. The summed E-state index contributed by atoms with van der Waals surface area (Å²) in [5, 5.41) is 1.98. The summed E-state index contributed by atoms with van der Waals surface area (Å²) in [6, 6.07) is 11.3. The lowest BCUT2D eigenvalue weighted by atomic mass is 10.2. The average molecular weight is 651 g/mol. The molecule has 8 nitrogen and oxygen atoms in total. The van der Waals surface area contributed by atoms with Crippen LogP contribution in [0.3, 0.4) is 0 Å². The maximum Gasteiger partial charge on any atom is 0.417 e. The van der Waals surface area contributed by atoms with E-state index in [1.54, 1.807) is 0 Å². The van der Waals surface area contributed by atoms with Crippen LogP contribution in [0.25, 0.3) is 0 Å². The Morgan fingerprint density at radius 1 is 0.756 bits per heavy atom. The van der Waals surface area contributed by atoms with Crippen molar-refractivity contribution < 1.29 is 34.8 Å². The van der Waals surface area contributed by atoms with Crippen LogP contribution >= 0.6 is 23.2 Å². The summed E-state index contributed by atoms with van der Waals surface area (Å²) in [5.74, 6) is -0.725.